The molecular weight excluding hydrogens is 525 g/mol. The number of hydrogen-bond donors (Lipinski definition) is 3. The summed E-state index contributed by atoms with van der Waals surface area (Å²) in [5.41, 5.74) is 1.74. The van der Waals surface area contributed by atoms with Gasteiger partial charge < -0.3 is 14.9 Å². The summed E-state index contributed by atoms with van der Waals surface area (Å²) in [6.45, 7) is 1.65. The molecule has 0 radical (unpaired) electrons. The highest BCUT2D eigenvalue weighted by Gasteiger charge is 2.20. The Balaban J connectivity index is 1.56. The number of aromatic nitrogens is 1. The Morgan fingerprint density at radius 1 is 1.00 bits per heavy atom. The van der Waals surface area contributed by atoms with Crippen molar-refractivity contribution in [1.82, 2.24) is 5.16 Å². The van der Waals surface area contributed by atoms with Crippen LogP contribution in [0, 0.1) is 6.92 Å². The Labute approximate surface area is 217 Å². The number of rotatable bonds is 9. The topological polar surface area (TPSA) is 122 Å². The van der Waals surface area contributed by atoms with Crippen LogP contribution in [0.4, 0.5) is 11.5 Å². The molecule has 0 aliphatic carbocycles. The smallest absolute Gasteiger partial charge is 0.263 e. The second-order valence-corrected chi connectivity index (χ2v) is 10.5. The Hall–Kier alpha value is -3.53. The van der Waals surface area contributed by atoms with Gasteiger partial charge in [-0.15, -0.1) is 0 Å². The minimum atomic E-state index is -3.87. The number of Topliss-reactive ketones (excluding diaryl/α,β-unsaturated/α-hetero) is 1. The van der Waals surface area contributed by atoms with Gasteiger partial charge in [-0.2, -0.15) is 0 Å². The van der Waals surface area contributed by atoms with Gasteiger partial charge in [0.15, 0.2) is 11.6 Å². The number of anilines is 2. The van der Waals surface area contributed by atoms with E-state index in [-0.39, 0.29) is 28.7 Å². The highest BCUT2D eigenvalue weighted by molar-refractivity contribution is 7.92. The maximum Gasteiger partial charge on any atom is 0.263 e. The van der Waals surface area contributed by atoms with E-state index in [0.717, 1.165) is 5.56 Å². The van der Waals surface area contributed by atoms with E-state index in [1.54, 1.807) is 49.4 Å². The van der Waals surface area contributed by atoms with Gasteiger partial charge >= 0.3 is 0 Å². The van der Waals surface area contributed by atoms with Crippen LogP contribution in [-0.4, -0.2) is 24.5 Å². The predicted molar refractivity (Wildman–Crippen MR) is 138 cm³/mol. The van der Waals surface area contributed by atoms with Crippen LogP contribution in [0.1, 0.15) is 34.1 Å². The van der Waals surface area contributed by atoms with Crippen molar-refractivity contribution in [3.8, 4) is 5.75 Å². The fourth-order valence-corrected chi connectivity index (χ4v) is 4.76. The third-order valence-electron chi connectivity index (χ3n) is 5.30. The molecule has 0 fully saturated rings. The lowest BCUT2D eigenvalue weighted by molar-refractivity contribution is 0.0976. The molecule has 0 bridgehead atoms. The predicted octanol–water partition coefficient (Wildman–Crippen LogP) is 6.22. The van der Waals surface area contributed by atoms with Crippen molar-refractivity contribution >= 4 is 50.5 Å². The van der Waals surface area contributed by atoms with Crippen LogP contribution < -0.4 is 10.0 Å². The third-order valence-corrected chi connectivity index (χ3v) is 7.41. The van der Waals surface area contributed by atoms with Crippen LogP contribution in [0.5, 0.6) is 5.75 Å². The van der Waals surface area contributed by atoms with Crippen LogP contribution in [0.2, 0.25) is 10.0 Å². The summed E-state index contributed by atoms with van der Waals surface area (Å²) in [6, 6.07) is 18.1. The SMILES string of the molecule is Cc1cc(NS(=O)(=O)c2ccc(NC(CC(=O)c3ccc(O)cc3)c3ccc(Cl)c(Cl)c3)cc2)no1. The number of nitrogens with one attached hydrogen (secondary N) is 2. The van der Waals surface area contributed by atoms with Crippen molar-refractivity contribution in [2.45, 2.75) is 24.3 Å². The van der Waals surface area contributed by atoms with Crippen molar-refractivity contribution in [1.29, 1.82) is 0 Å². The summed E-state index contributed by atoms with van der Waals surface area (Å²) in [5.74, 6) is 0.461. The first kappa shape index (κ1) is 25.6. The molecule has 0 amide bonds. The lowest BCUT2D eigenvalue weighted by atomic mass is 9.97. The van der Waals surface area contributed by atoms with Crippen LogP contribution in [0.25, 0.3) is 0 Å². The maximum absolute atomic E-state index is 13.0. The molecule has 0 spiro atoms. The van der Waals surface area contributed by atoms with Gasteiger partial charge in [0, 0.05) is 23.7 Å². The zero-order valence-electron chi connectivity index (χ0n) is 18.9. The molecule has 1 atom stereocenters. The van der Waals surface area contributed by atoms with E-state index in [2.05, 4.69) is 15.2 Å². The summed E-state index contributed by atoms with van der Waals surface area (Å²) < 4.78 is 32.6. The van der Waals surface area contributed by atoms with Gasteiger partial charge in [-0.05, 0) is 73.2 Å². The first-order valence-electron chi connectivity index (χ1n) is 10.7. The Morgan fingerprint density at radius 2 is 1.69 bits per heavy atom. The molecule has 3 N–H and O–H groups in total. The fraction of sp³-hybridized carbons (Fsp3) is 0.120. The normalized spacial score (nSPS) is 12.2. The number of phenols is 1. The monoisotopic (exact) mass is 545 g/mol. The number of nitrogens with zero attached hydrogens (tertiary/aromatic N) is 1. The van der Waals surface area contributed by atoms with Gasteiger partial charge in [0.1, 0.15) is 11.5 Å². The molecule has 3 aromatic carbocycles. The van der Waals surface area contributed by atoms with Gasteiger partial charge in [0.2, 0.25) is 0 Å². The van der Waals surface area contributed by atoms with Crippen molar-refractivity contribution < 1.29 is 22.8 Å². The van der Waals surface area contributed by atoms with Gasteiger partial charge in [-0.3, -0.25) is 9.52 Å². The lowest BCUT2D eigenvalue weighted by Gasteiger charge is -2.21. The van der Waals surface area contributed by atoms with Crippen molar-refractivity contribution in [3.63, 3.8) is 0 Å². The number of ketones is 1. The zero-order chi connectivity index (χ0) is 25.9. The van der Waals surface area contributed by atoms with Crippen LogP contribution >= 0.6 is 23.2 Å². The number of halogens is 2. The molecule has 1 unspecified atom stereocenters. The fourth-order valence-electron chi connectivity index (χ4n) is 3.47. The summed E-state index contributed by atoms with van der Waals surface area (Å²) in [7, 11) is -3.87. The van der Waals surface area contributed by atoms with E-state index in [0.29, 0.717) is 27.1 Å². The summed E-state index contributed by atoms with van der Waals surface area (Å²) in [6.07, 6.45) is 0.0653. The minimum Gasteiger partial charge on any atom is -0.508 e. The molecule has 1 heterocycles. The molecular formula is C25H21Cl2N3O5S. The van der Waals surface area contributed by atoms with Gasteiger partial charge in [-0.25, -0.2) is 8.42 Å². The van der Waals surface area contributed by atoms with Crippen LogP contribution in [-0.2, 0) is 10.0 Å². The van der Waals surface area contributed by atoms with E-state index >= 15 is 0 Å². The molecule has 4 aromatic rings. The van der Waals surface area contributed by atoms with E-state index in [4.69, 9.17) is 27.7 Å². The van der Waals surface area contributed by atoms with E-state index < -0.39 is 16.1 Å². The number of phenolic OH excluding ortho intramolecular Hbond substituents is 1. The number of aryl methyl sites for hydroxylation is 1. The molecule has 11 heteroatoms. The highest BCUT2D eigenvalue weighted by atomic mass is 35.5. The first-order valence-corrected chi connectivity index (χ1v) is 12.9. The quantitative estimate of drug-likeness (QED) is 0.213. The molecule has 0 saturated carbocycles. The number of aromatic hydroxyl groups is 1. The Morgan fingerprint density at radius 3 is 2.31 bits per heavy atom. The summed E-state index contributed by atoms with van der Waals surface area (Å²) in [4.78, 5) is 13.0. The third kappa shape index (κ3) is 6.17. The van der Waals surface area contributed by atoms with E-state index in [1.807, 2.05) is 0 Å². The van der Waals surface area contributed by atoms with Crippen LogP contribution in [0.3, 0.4) is 0 Å². The number of hydrogen-bond acceptors (Lipinski definition) is 7. The molecule has 36 heavy (non-hydrogen) atoms. The Bertz CT molecular complexity index is 1490. The zero-order valence-corrected chi connectivity index (χ0v) is 21.2. The number of carbonyl (C=O) groups excluding carboxylic acids is 1. The van der Waals surface area contributed by atoms with Gasteiger partial charge in [0.25, 0.3) is 10.0 Å². The average molecular weight is 546 g/mol. The number of carbonyl (C=O) groups is 1. The molecule has 4 rings (SSSR count). The minimum absolute atomic E-state index is 0.0277. The average Bonchev–Trinajstić information content (AvgIpc) is 3.24. The van der Waals surface area contributed by atoms with Gasteiger partial charge in [-0.1, -0.05) is 34.4 Å². The first-order chi connectivity index (χ1) is 17.1. The largest absolute Gasteiger partial charge is 0.508 e. The number of sulfonamides is 1. The summed E-state index contributed by atoms with van der Waals surface area (Å²) >= 11 is 12.3. The van der Waals surface area contributed by atoms with Crippen molar-refractivity contribution in [3.05, 3.63) is 99.7 Å². The molecule has 1 aromatic heterocycles. The summed E-state index contributed by atoms with van der Waals surface area (Å²) in [5, 5.41) is 17.1. The van der Waals surface area contributed by atoms with Crippen molar-refractivity contribution in [2.75, 3.05) is 10.0 Å². The lowest BCUT2D eigenvalue weighted by Crippen LogP contribution is -2.16. The maximum atomic E-state index is 13.0. The molecule has 186 valence electrons. The standard InChI is InChI=1S/C25H21Cl2N3O5S/c1-15-12-25(29-35-15)30-36(33,34)20-9-5-18(6-10-20)28-23(17-4-11-21(26)22(27)13-17)14-24(32)16-2-7-19(31)8-3-16/h2-13,23,28,31H,14H2,1H3,(H,29,30). The second kappa shape index (κ2) is 10.6. The molecule has 0 aliphatic heterocycles. The second-order valence-electron chi connectivity index (χ2n) is 8.00. The highest BCUT2D eigenvalue weighted by Crippen LogP contribution is 2.31. The Kier molecular flexibility index (Phi) is 7.53. The van der Waals surface area contributed by atoms with Crippen LogP contribution in [0.15, 0.2) is 82.2 Å². The van der Waals surface area contributed by atoms with E-state index in [1.165, 1.54) is 30.3 Å². The number of benzene rings is 3. The molecule has 0 aliphatic rings. The molecule has 8 nitrogen and oxygen atoms in total. The molecule has 0 saturated heterocycles. The van der Waals surface area contributed by atoms with Gasteiger partial charge in [0.05, 0.1) is 21.0 Å². The van der Waals surface area contributed by atoms with E-state index in [9.17, 15) is 18.3 Å². The van der Waals surface area contributed by atoms with Crippen molar-refractivity contribution in [2.24, 2.45) is 0 Å².